The molecule has 0 aromatic heterocycles. The third-order valence-corrected chi connectivity index (χ3v) is 11.7. The molecule has 1 heteroatoms. The standard InChI is InChI=1S/2C20H41.Mg/c2*1-3-5-7-9-11-13-15-17-19-20-18-16-14-12-10-8-6-4-2;/h2*1,3-20H2,2H3;. The summed E-state index contributed by atoms with van der Waals surface area (Å²) in [5, 5.41) is 0. The van der Waals surface area contributed by atoms with Crippen LogP contribution in [0.4, 0.5) is 0 Å². The monoisotopic (exact) mass is 587 g/mol. The van der Waals surface area contributed by atoms with Gasteiger partial charge >= 0.3 is 20.4 Å². The van der Waals surface area contributed by atoms with Gasteiger partial charge in [0.15, 0.2) is 0 Å². The Hall–Kier alpha value is 0.766. The Balaban J connectivity index is 3.02. The topological polar surface area (TPSA) is 0 Å². The summed E-state index contributed by atoms with van der Waals surface area (Å²) in [6.07, 6.45) is 53.8. The van der Waals surface area contributed by atoms with E-state index in [2.05, 4.69) is 13.8 Å². The highest BCUT2D eigenvalue weighted by molar-refractivity contribution is 6.35. The average Bonchev–Trinajstić information content (AvgIpc) is 2.98. The minimum Gasteiger partial charge on any atom is -0.146 e. The number of unbranched alkanes of at least 4 members (excludes halogenated alkanes) is 34. The molecule has 0 bridgehead atoms. The smallest absolute Gasteiger partial charge is 0.146 e. The average molecular weight is 587 g/mol. The fraction of sp³-hybridized carbons (Fsp3) is 1.00. The van der Waals surface area contributed by atoms with E-state index in [-0.39, 0.29) is 20.4 Å². The second-order valence-electron chi connectivity index (χ2n) is 14.1. The lowest BCUT2D eigenvalue weighted by molar-refractivity contribution is 0.526. The minimum absolute atomic E-state index is 0.277. The predicted octanol–water partition coefficient (Wildman–Crippen LogP) is 15.6. The second kappa shape index (κ2) is 40.8. The van der Waals surface area contributed by atoms with Gasteiger partial charge in [-0.1, -0.05) is 245 Å². The van der Waals surface area contributed by atoms with Crippen LogP contribution in [0.5, 0.6) is 0 Å². The van der Waals surface area contributed by atoms with Gasteiger partial charge in [0.05, 0.1) is 0 Å². The van der Waals surface area contributed by atoms with Gasteiger partial charge in [-0.15, -0.1) is 9.10 Å². The van der Waals surface area contributed by atoms with Gasteiger partial charge in [-0.3, -0.25) is 0 Å². The van der Waals surface area contributed by atoms with E-state index in [9.17, 15) is 0 Å². The maximum absolute atomic E-state index is 2.31. The lowest BCUT2D eigenvalue weighted by atomic mass is 10.0. The summed E-state index contributed by atoms with van der Waals surface area (Å²) in [6.45, 7) is 4.62. The molecule has 0 aliphatic heterocycles. The molecule has 0 saturated carbocycles. The quantitative estimate of drug-likeness (QED) is 0.0498. The molecule has 0 rings (SSSR count). The summed E-state index contributed by atoms with van der Waals surface area (Å²) >= 11 is 0.277. The lowest BCUT2D eigenvalue weighted by Gasteiger charge is -2.04. The fourth-order valence-electron chi connectivity index (χ4n) is 6.69. The highest BCUT2D eigenvalue weighted by Crippen LogP contribution is 2.16. The van der Waals surface area contributed by atoms with Crippen molar-refractivity contribution in [3.8, 4) is 0 Å². The third-order valence-electron chi connectivity index (χ3n) is 9.71. The molecule has 41 heavy (non-hydrogen) atoms. The molecular formula is C40H82Mg. The molecule has 0 N–H and O–H groups in total. The van der Waals surface area contributed by atoms with Gasteiger partial charge in [-0.05, 0) is 0 Å². The lowest BCUT2D eigenvalue weighted by Crippen LogP contribution is -1.90. The fourth-order valence-corrected chi connectivity index (χ4v) is 8.45. The zero-order valence-corrected chi connectivity index (χ0v) is 31.0. The molecule has 0 radical (unpaired) electrons. The van der Waals surface area contributed by atoms with Crippen LogP contribution in [0.25, 0.3) is 0 Å². The van der Waals surface area contributed by atoms with E-state index in [4.69, 9.17) is 0 Å². The van der Waals surface area contributed by atoms with Crippen molar-refractivity contribution in [2.45, 2.75) is 254 Å². The molecular weight excluding hydrogens is 505 g/mol. The van der Waals surface area contributed by atoms with Gasteiger partial charge in [0.2, 0.25) is 0 Å². The zero-order chi connectivity index (χ0) is 29.6. The van der Waals surface area contributed by atoms with Crippen molar-refractivity contribution >= 4 is 20.4 Å². The van der Waals surface area contributed by atoms with Crippen LogP contribution in [0, 0.1) is 0 Å². The molecule has 0 aliphatic rings. The Morgan fingerprint density at radius 3 is 0.512 bits per heavy atom. The second-order valence-corrected chi connectivity index (χ2v) is 16.2. The van der Waals surface area contributed by atoms with Crippen molar-refractivity contribution in [2.24, 2.45) is 0 Å². The van der Waals surface area contributed by atoms with Gasteiger partial charge in [-0.2, -0.15) is 0 Å². The Morgan fingerprint density at radius 2 is 0.341 bits per heavy atom. The molecule has 0 fully saturated rings. The van der Waals surface area contributed by atoms with Crippen molar-refractivity contribution < 1.29 is 0 Å². The van der Waals surface area contributed by atoms with E-state index in [1.807, 2.05) is 0 Å². The van der Waals surface area contributed by atoms with Gasteiger partial charge in [0.25, 0.3) is 0 Å². The molecule has 0 unspecified atom stereocenters. The van der Waals surface area contributed by atoms with Crippen LogP contribution in [0.15, 0.2) is 0 Å². The van der Waals surface area contributed by atoms with Crippen LogP contribution in [-0.2, 0) is 0 Å². The summed E-state index contributed by atoms with van der Waals surface area (Å²) in [5.41, 5.74) is 0. The molecule has 0 atom stereocenters. The van der Waals surface area contributed by atoms with Crippen LogP contribution in [0.1, 0.15) is 245 Å². The normalized spacial score (nSPS) is 11.4. The molecule has 0 spiro atoms. The van der Waals surface area contributed by atoms with Crippen molar-refractivity contribution in [2.75, 3.05) is 0 Å². The molecule has 0 heterocycles. The van der Waals surface area contributed by atoms with Gasteiger partial charge in [0.1, 0.15) is 0 Å². The van der Waals surface area contributed by atoms with Crippen LogP contribution in [0.2, 0.25) is 9.10 Å². The third kappa shape index (κ3) is 40.8. The van der Waals surface area contributed by atoms with Crippen LogP contribution >= 0.6 is 0 Å². The maximum atomic E-state index is 2.31. The Kier molecular flexibility index (Phi) is 41.5. The molecule has 0 nitrogen and oxygen atoms in total. The predicted molar refractivity (Wildman–Crippen MR) is 193 cm³/mol. The number of hydrogen-bond acceptors (Lipinski definition) is 0. The first-order chi connectivity index (χ1) is 20.4. The molecule has 0 aliphatic carbocycles. The summed E-state index contributed by atoms with van der Waals surface area (Å²) in [5.74, 6) is 0. The first-order valence-electron chi connectivity index (χ1n) is 20.4. The summed E-state index contributed by atoms with van der Waals surface area (Å²) in [7, 11) is 0. The van der Waals surface area contributed by atoms with Crippen LogP contribution in [-0.4, -0.2) is 20.4 Å². The van der Waals surface area contributed by atoms with E-state index in [0.29, 0.717) is 0 Å². The van der Waals surface area contributed by atoms with E-state index in [1.165, 1.54) is 218 Å². The highest BCUT2D eigenvalue weighted by atomic mass is 24.5. The zero-order valence-electron chi connectivity index (χ0n) is 29.6. The summed E-state index contributed by atoms with van der Waals surface area (Å²) in [6, 6.07) is 0. The Morgan fingerprint density at radius 1 is 0.195 bits per heavy atom. The van der Waals surface area contributed by atoms with Crippen molar-refractivity contribution in [3.63, 3.8) is 0 Å². The highest BCUT2D eigenvalue weighted by Gasteiger charge is 1.99. The first-order valence-corrected chi connectivity index (χ1v) is 22.4. The number of rotatable bonds is 38. The van der Waals surface area contributed by atoms with Gasteiger partial charge in [-0.25, -0.2) is 0 Å². The van der Waals surface area contributed by atoms with Crippen LogP contribution < -0.4 is 0 Å². The summed E-state index contributed by atoms with van der Waals surface area (Å²) < 4.78 is 3.27. The van der Waals surface area contributed by atoms with E-state index < -0.39 is 0 Å². The molecule has 244 valence electrons. The largest absolute Gasteiger partial charge is 0.364 e. The summed E-state index contributed by atoms with van der Waals surface area (Å²) in [4.78, 5) is 0. The molecule has 0 saturated heterocycles. The minimum atomic E-state index is 0.277. The first kappa shape index (κ1) is 41.8. The van der Waals surface area contributed by atoms with E-state index in [0.717, 1.165) is 0 Å². The maximum Gasteiger partial charge on any atom is 0.364 e. The van der Waals surface area contributed by atoms with Gasteiger partial charge in [0, 0.05) is 0 Å². The van der Waals surface area contributed by atoms with Crippen molar-refractivity contribution in [3.05, 3.63) is 0 Å². The molecule has 0 aromatic carbocycles. The van der Waals surface area contributed by atoms with E-state index in [1.54, 1.807) is 21.9 Å². The molecule has 0 aromatic rings. The number of hydrogen-bond donors (Lipinski definition) is 0. The van der Waals surface area contributed by atoms with E-state index >= 15 is 0 Å². The van der Waals surface area contributed by atoms with Crippen molar-refractivity contribution in [1.82, 2.24) is 0 Å². The van der Waals surface area contributed by atoms with Crippen molar-refractivity contribution in [1.29, 1.82) is 0 Å². The Labute approximate surface area is 273 Å². The molecule has 0 amide bonds. The van der Waals surface area contributed by atoms with Crippen LogP contribution in [0.3, 0.4) is 0 Å². The van der Waals surface area contributed by atoms with Gasteiger partial charge < -0.3 is 0 Å². The SMILES string of the molecule is CCCCCCCCCCCCCCCCCCC[CH2][Mg][CH2]CCCCCCCCCCCCCCCCCCC. The Bertz CT molecular complexity index is 381.